The highest BCUT2D eigenvalue weighted by Gasteiger charge is 2.64. The first-order valence-electron chi connectivity index (χ1n) is 23.7. The normalized spacial score (nSPS) is 26.7. The van der Waals surface area contributed by atoms with E-state index in [0.717, 1.165) is 16.7 Å². The van der Waals surface area contributed by atoms with Crippen LogP contribution < -0.4 is 15.5 Å². The van der Waals surface area contributed by atoms with E-state index in [1.165, 1.54) is 16.7 Å². The second-order valence-corrected chi connectivity index (χ2v) is 18.5. The standard InChI is InChI=1S/C49H75ClN4O15/c1-32-11-10-12-34(3)49(60)31-40(67-47(59)52-49)35(4)45-48(7,69-45)41(30-43(57)54(9)39-29-38(27-32)28-33(2)44(39)50)68-46(58)36(5)66-26-25-65-24-23-64-22-21-63-20-19-62-18-17-61-16-14-51-42(56)13-15-53(8)37(6)55/h10-12,28-29,34-36,40-41,45,60H,13-27,30-31H2,1-9H3,(H,51,56)(H,52,59)/b12-10+,32-11+/t34-,35-,36+,40?,41+,45+,48+,49+/m1/s1. The van der Waals surface area contributed by atoms with E-state index in [9.17, 15) is 29.1 Å². The number of benzene rings is 1. The third-order valence-corrected chi connectivity index (χ3v) is 13.0. The molecule has 3 aliphatic heterocycles. The van der Waals surface area contributed by atoms with Crippen molar-refractivity contribution in [2.75, 3.05) is 105 Å². The minimum Gasteiger partial charge on any atom is -0.457 e. The Bertz CT molecular complexity index is 1940. The zero-order chi connectivity index (χ0) is 50.7. The number of anilines is 1. The number of rotatable bonds is 24. The highest BCUT2D eigenvalue weighted by Crippen LogP contribution is 2.49. The van der Waals surface area contributed by atoms with Crippen LogP contribution in [0.5, 0.6) is 0 Å². The van der Waals surface area contributed by atoms with Gasteiger partial charge in [0.15, 0.2) is 6.10 Å². The lowest BCUT2D eigenvalue weighted by Crippen LogP contribution is -2.60. The summed E-state index contributed by atoms with van der Waals surface area (Å²) in [6.45, 7) is 16.6. The van der Waals surface area contributed by atoms with E-state index in [1.807, 2.05) is 58.1 Å². The van der Waals surface area contributed by atoms with Crippen LogP contribution in [0.2, 0.25) is 5.02 Å². The molecule has 3 aliphatic rings. The number of nitrogens with one attached hydrogen (secondary N) is 2. The molecule has 0 aliphatic carbocycles. The van der Waals surface area contributed by atoms with Crippen LogP contribution in [0.25, 0.3) is 0 Å². The van der Waals surface area contributed by atoms with Crippen LogP contribution >= 0.6 is 11.6 Å². The molecule has 1 unspecified atom stereocenters. The first-order valence-corrected chi connectivity index (χ1v) is 24.1. The van der Waals surface area contributed by atoms with Crippen molar-refractivity contribution in [1.29, 1.82) is 0 Å². The molecule has 0 aromatic heterocycles. The van der Waals surface area contributed by atoms with Crippen LogP contribution in [0.4, 0.5) is 10.5 Å². The van der Waals surface area contributed by atoms with Crippen LogP contribution in [-0.2, 0) is 68.2 Å². The Morgan fingerprint density at radius 1 is 0.971 bits per heavy atom. The number of halogens is 1. The molecule has 0 saturated carbocycles. The molecule has 4 amide bonds. The van der Waals surface area contributed by atoms with Gasteiger partial charge >= 0.3 is 12.1 Å². The monoisotopic (exact) mass is 994 g/mol. The number of nitrogens with zero attached hydrogens (tertiary/aromatic N) is 2. The molecule has 8 atom stereocenters. The molecule has 69 heavy (non-hydrogen) atoms. The van der Waals surface area contributed by atoms with E-state index >= 15 is 0 Å². The molecule has 4 bridgehead atoms. The number of aliphatic hydroxyl groups is 1. The molecular weight excluding hydrogens is 920 g/mol. The van der Waals surface area contributed by atoms with Gasteiger partial charge in [0.25, 0.3) is 0 Å². The summed E-state index contributed by atoms with van der Waals surface area (Å²) >= 11 is 6.80. The molecule has 1 aromatic rings. The number of epoxide rings is 1. The molecule has 19 nitrogen and oxygen atoms in total. The molecule has 1 aromatic carbocycles. The van der Waals surface area contributed by atoms with Gasteiger partial charge in [-0.3, -0.25) is 19.7 Å². The van der Waals surface area contributed by atoms with Crippen molar-refractivity contribution in [3.8, 4) is 0 Å². The fourth-order valence-electron chi connectivity index (χ4n) is 7.89. The first kappa shape index (κ1) is 57.4. The molecule has 20 heteroatoms. The highest BCUT2D eigenvalue weighted by molar-refractivity contribution is 6.34. The van der Waals surface area contributed by atoms with Gasteiger partial charge in [0.1, 0.15) is 23.5 Å². The molecule has 0 spiro atoms. The van der Waals surface area contributed by atoms with Crippen molar-refractivity contribution in [1.82, 2.24) is 15.5 Å². The number of ether oxygens (including phenoxy) is 9. The Balaban J connectivity index is 1.19. The van der Waals surface area contributed by atoms with Gasteiger partial charge < -0.3 is 62.9 Å². The van der Waals surface area contributed by atoms with Crippen molar-refractivity contribution in [3.63, 3.8) is 0 Å². The lowest BCUT2D eigenvalue weighted by atomic mass is 9.82. The number of carbonyl (C=O) groups excluding carboxylic acids is 5. The number of fused-ring (bicyclic) bond motifs is 5. The van der Waals surface area contributed by atoms with E-state index in [1.54, 1.807) is 27.9 Å². The summed E-state index contributed by atoms with van der Waals surface area (Å²) in [5, 5.41) is 17.5. The van der Waals surface area contributed by atoms with Gasteiger partial charge in [-0.2, -0.15) is 0 Å². The molecule has 2 fully saturated rings. The maximum atomic E-state index is 14.1. The van der Waals surface area contributed by atoms with E-state index in [2.05, 4.69) is 10.6 Å². The fourth-order valence-corrected chi connectivity index (χ4v) is 8.13. The summed E-state index contributed by atoms with van der Waals surface area (Å²) in [6, 6.07) is 3.85. The number of amides is 4. The number of esters is 1. The minimum absolute atomic E-state index is 0.0693. The van der Waals surface area contributed by atoms with Crippen LogP contribution in [0.15, 0.2) is 35.9 Å². The number of hydrogen-bond donors (Lipinski definition) is 3. The van der Waals surface area contributed by atoms with Crippen LogP contribution in [0, 0.1) is 18.8 Å². The van der Waals surface area contributed by atoms with Crippen LogP contribution in [0.3, 0.4) is 0 Å². The maximum Gasteiger partial charge on any atom is 0.409 e. The average Bonchev–Trinajstić information content (AvgIpc) is 4.00. The molecule has 3 heterocycles. The summed E-state index contributed by atoms with van der Waals surface area (Å²) in [5.41, 5.74) is 0.499. The molecule has 0 radical (unpaired) electrons. The fraction of sp³-hybridized carbons (Fsp3) is 0.694. The summed E-state index contributed by atoms with van der Waals surface area (Å²) < 4.78 is 51.4. The van der Waals surface area contributed by atoms with Crippen molar-refractivity contribution < 1.29 is 71.7 Å². The van der Waals surface area contributed by atoms with Gasteiger partial charge in [0.05, 0.1) is 95.9 Å². The van der Waals surface area contributed by atoms with Gasteiger partial charge in [-0.05, 0) is 51.3 Å². The van der Waals surface area contributed by atoms with Gasteiger partial charge in [-0.15, -0.1) is 0 Å². The third kappa shape index (κ3) is 18.2. The van der Waals surface area contributed by atoms with Gasteiger partial charge in [0, 0.05) is 58.8 Å². The SMILES string of the molecule is CC(=O)N(C)CCC(=O)NCCOCCOCCOCCOCCOCCO[C@@H](C)C(=O)O[C@H]1CC(=O)N(C)c2cc(cc(C)c2Cl)C/C(C)=C/C=C/[C@@H](C)[C@@]2(O)CC(OC(=O)N2)[C@@H](C)[C@@H]2O[C@@]12C. The van der Waals surface area contributed by atoms with E-state index in [4.69, 9.17) is 54.2 Å². The second-order valence-electron chi connectivity index (χ2n) is 18.1. The Labute approximate surface area is 411 Å². The van der Waals surface area contributed by atoms with Crippen molar-refractivity contribution in [2.24, 2.45) is 11.8 Å². The quantitative estimate of drug-likeness (QED) is 0.0755. The van der Waals surface area contributed by atoms with Crippen molar-refractivity contribution in [3.05, 3.63) is 52.1 Å². The number of alkyl carbamates (subject to hydrolysis) is 1. The molecule has 4 rings (SSSR count). The summed E-state index contributed by atoms with van der Waals surface area (Å²) in [4.78, 5) is 66.5. The average molecular weight is 996 g/mol. The maximum absolute atomic E-state index is 14.1. The lowest BCUT2D eigenvalue weighted by molar-refractivity contribution is -0.166. The van der Waals surface area contributed by atoms with Crippen molar-refractivity contribution in [2.45, 2.75) is 110 Å². The van der Waals surface area contributed by atoms with Crippen LogP contribution in [-0.4, -0.2) is 175 Å². The number of hydrogen-bond acceptors (Lipinski definition) is 15. The Hall–Kier alpha value is -4.18. The van der Waals surface area contributed by atoms with E-state index in [-0.39, 0.29) is 50.2 Å². The molecule has 388 valence electrons. The minimum atomic E-state index is -1.61. The smallest absolute Gasteiger partial charge is 0.409 e. The number of carbonyl (C=O) groups is 5. The zero-order valence-corrected chi connectivity index (χ0v) is 42.6. The van der Waals surface area contributed by atoms with Crippen molar-refractivity contribution >= 4 is 47.1 Å². The summed E-state index contributed by atoms with van der Waals surface area (Å²) in [5.74, 6) is -2.24. The topological polar surface area (TPSA) is 222 Å². The molecular formula is C49H75ClN4O15. The van der Waals surface area contributed by atoms with E-state index in [0.29, 0.717) is 89.7 Å². The first-order chi connectivity index (χ1) is 32.7. The van der Waals surface area contributed by atoms with Gasteiger partial charge in [-0.1, -0.05) is 55.3 Å². The molecule has 3 N–H and O–H groups in total. The Morgan fingerprint density at radius 2 is 1.57 bits per heavy atom. The Kier molecular flexibility index (Phi) is 23.3. The Morgan fingerprint density at radius 3 is 2.17 bits per heavy atom. The highest BCUT2D eigenvalue weighted by atomic mass is 35.5. The summed E-state index contributed by atoms with van der Waals surface area (Å²) in [6.07, 6.45) is 2.05. The zero-order valence-electron chi connectivity index (χ0n) is 41.8. The second kappa shape index (κ2) is 28.0. The predicted molar refractivity (Wildman–Crippen MR) is 256 cm³/mol. The van der Waals surface area contributed by atoms with Gasteiger partial charge in [-0.25, -0.2) is 9.59 Å². The summed E-state index contributed by atoms with van der Waals surface area (Å²) in [7, 11) is 3.28. The largest absolute Gasteiger partial charge is 0.457 e. The number of aryl methyl sites for hydroxylation is 1. The number of allylic oxidation sites excluding steroid dienone is 3. The van der Waals surface area contributed by atoms with Gasteiger partial charge in [0.2, 0.25) is 17.7 Å². The third-order valence-electron chi connectivity index (χ3n) is 12.5. The lowest BCUT2D eigenvalue weighted by Gasteiger charge is -2.41. The van der Waals surface area contributed by atoms with Crippen LogP contribution in [0.1, 0.15) is 71.9 Å². The molecule has 2 saturated heterocycles. The van der Waals surface area contributed by atoms with E-state index < -0.39 is 59.6 Å². The predicted octanol–water partition coefficient (Wildman–Crippen LogP) is 4.06.